The summed E-state index contributed by atoms with van der Waals surface area (Å²) in [5.74, 6) is 0.732. The standard InChI is InChI=1S/C30H62N2O4Si/c1-10-20-33-30(34-21-11-2,32-29(6,7)8)23-27(28-24(4)16-15-17-25(28)5)36-37(9,35-22-12-3)31-26-18-13-14-19-26/h24-28,31-32H,10-23H2,1-9H3. The highest BCUT2D eigenvalue weighted by Gasteiger charge is 2.48. The van der Waals surface area contributed by atoms with E-state index in [1.54, 1.807) is 0 Å². The Hall–Kier alpha value is -0.0231. The van der Waals surface area contributed by atoms with E-state index in [-0.39, 0.29) is 11.6 Å². The molecule has 2 saturated carbocycles. The molecule has 0 aromatic carbocycles. The fraction of sp³-hybridized carbons (Fsp3) is 1.00. The van der Waals surface area contributed by atoms with Crippen molar-refractivity contribution in [2.75, 3.05) is 19.8 Å². The summed E-state index contributed by atoms with van der Waals surface area (Å²) in [4.78, 5) is 3.94. The zero-order valence-electron chi connectivity index (χ0n) is 25.9. The minimum Gasteiger partial charge on any atom is -0.383 e. The molecular weight excluding hydrogens is 480 g/mol. The van der Waals surface area contributed by atoms with Crippen LogP contribution in [0.2, 0.25) is 6.55 Å². The van der Waals surface area contributed by atoms with Crippen LogP contribution in [-0.4, -0.2) is 52.1 Å². The summed E-state index contributed by atoms with van der Waals surface area (Å²) in [6, 6.07) is 0.500. The SMILES string of the molecule is CCCOC(CC(O[Si](C)(NC1CCCC1)OCCC)C1C(C)CCCC1C)(NC(C)(C)C)OCCC. The lowest BCUT2D eigenvalue weighted by Crippen LogP contribution is -2.64. The topological polar surface area (TPSA) is 61.0 Å². The zero-order chi connectivity index (χ0) is 27.5. The second kappa shape index (κ2) is 15.7. The first kappa shape index (κ1) is 33.2. The minimum absolute atomic E-state index is 0.0173. The number of hydrogen-bond donors (Lipinski definition) is 2. The minimum atomic E-state index is -2.65. The molecule has 2 N–H and O–H groups in total. The monoisotopic (exact) mass is 542 g/mol. The second-order valence-corrected chi connectivity index (χ2v) is 15.8. The Morgan fingerprint density at radius 2 is 1.35 bits per heavy atom. The Morgan fingerprint density at radius 3 is 1.84 bits per heavy atom. The van der Waals surface area contributed by atoms with Crippen molar-refractivity contribution in [1.29, 1.82) is 0 Å². The van der Waals surface area contributed by atoms with Crippen molar-refractivity contribution in [3.63, 3.8) is 0 Å². The summed E-state index contributed by atoms with van der Waals surface area (Å²) in [5, 5.41) is 3.77. The van der Waals surface area contributed by atoms with E-state index < -0.39 is 14.6 Å². The van der Waals surface area contributed by atoms with Crippen LogP contribution in [-0.2, 0) is 18.3 Å². The van der Waals surface area contributed by atoms with Gasteiger partial charge in [-0.25, -0.2) is 0 Å². The van der Waals surface area contributed by atoms with Gasteiger partial charge in [-0.15, -0.1) is 0 Å². The average molecular weight is 543 g/mol. The lowest BCUT2D eigenvalue weighted by Gasteiger charge is -2.48. The summed E-state index contributed by atoms with van der Waals surface area (Å²) in [6.07, 6.45) is 12.4. The van der Waals surface area contributed by atoms with Gasteiger partial charge in [0.15, 0.2) is 0 Å². The molecule has 37 heavy (non-hydrogen) atoms. The molecule has 4 atom stereocenters. The first-order chi connectivity index (χ1) is 17.5. The molecule has 0 amide bonds. The lowest BCUT2D eigenvalue weighted by molar-refractivity contribution is -0.281. The Morgan fingerprint density at radius 1 is 0.811 bits per heavy atom. The average Bonchev–Trinajstić information content (AvgIpc) is 3.31. The normalized spacial score (nSPS) is 26.4. The molecule has 0 bridgehead atoms. The van der Waals surface area contributed by atoms with Gasteiger partial charge < -0.3 is 18.3 Å². The predicted molar refractivity (Wildman–Crippen MR) is 157 cm³/mol. The summed E-state index contributed by atoms with van der Waals surface area (Å²) in [7, 11) is -2.65. The van der Waals surface area contributed by atoms with E-state index in [0.29, 0.717) is 43.4 Å². The molecule has 2 aliphatic carbocycles. The largest absolute Gasteiger partial charge is 0.422 e. The fourth-order valence-electron chi connectivity index (χ4n) is 6.49. The van der Waals surface area contributed by atoms with Crippen LogP contribution in [0.3, 0.4) is 0 Å². The highest BCUT2D eigenvalue weighted by atomic mass is 28.4. The summed E-state index contributed by atoms with van der Waals surface area (Å²) in [5.41, 5.74) is -0.169. The molecule has 0 aromatic heterocycles. The van der Waals surface area contributed by atoms with Crippen LogP contribution in [0, 0.1) is 17.8 Å². The van der Waals surface area contributed by atoms with Crippen LogP contribution in [0.15, 0.2) is 0 Å². The first-order valence-corrected chi connectivity index (χ1v) is 17.9. The maximum atomic E-state index is 7.32. The van der Waals surface area contributed by atoms with E-state index in [0.717, 1.165) is 25.9 Å². The van der Waals surface area contributed by atoms with Crippen LogP contribution in [0.5, 0.6) is 0 Å². The second-order valence-electron chi connectivity index (χ2n) is 13.1. The Kier molecular flexibility index (Phi) is 14.1. The molecule has 0 spiro atoms. The van der Waals surface area contributed by atoms with Gasteiger partial charge in [-0.05, 0) is 77.2 Å². The molecule has 2 fully saturated rings. The quantitative estimate of drug-likeness (QED) is 0.149. The third kappa shape index (κ3) is 11.2. The van der Waals surface area contributed by atoms with Crippen molar-refractivity contribution in [3.8, 4) is 0 Å². The van der Waals surface area contributed by atoms with Crippen LogP contribution in [0.1, 0.15) is 126 Å². The van der Waals surface area contributed by atoms with Gasteiger partial charge in [0.2, 0.25) is 5.91 Å². The number of ether oxygens (including phenoxy) is 2. The smallest absolute Gasteiger partial charge is 0.383 e. The maximum absolute atomic E-state index is 7.32. The molecular formula is C30H62N2O4Si. The van der Waals surface area contributed by atoms with Crippen molar-refractivity contribution in [2.45, 2.75) is 156 Å². The Bertz CT molecular complexity index is 607. The lowest BCUT2D eigenvalue weighted by atomic mass is 9.70. The molecule has 0 saturated heterocycles. The molecule has 7 heteroatoms. The van der Waals surface area contributed by atoms with E-state index in [4.69, 9.17) is 18.3 Å². The van der Waals surface area contributed by atoms with Crippen molar-refractivity contribution in [3.05, 3.63) is 0 Å². The zero-order valence-corrected chi connectivity index (χ0v) is 26.9. The molecule has 0 aromatic rings. The molecule has 4 unspecified atom stereocenters. The Balaban J connectivity index is 2.46. The third-order valence-corrected chi connectivity index (χ3v) is 10.4. The third-order valence-electron chi connectivity index (χ3n) is 7.96. The van der Waals surface area contributed by atoms with Crippen molar-refractivity contribution in [2.24, 2.45) is 17.8 Å². The highest BCUT2D eigenvalue weighted by molar-refractivity contribution is 6.63. The van der Waals surface area contributed by atoms with Crippen molar-refractivity contribution >= 4 is 8.72 Å². The summed E-state index contributed by atoms with van der Waals surface area (Å²) >= 11 is 0. The molecule has 0 heterocycles. The first-order valence-electron chi connectivity index (χ1n) is 15.6. The summed E-state index contributed by atoms with van der Waals surface area (Å²) in [6.45, 7) is 22.2. The predicted octanol–water partition coefficient (Wildman–Crippen LogP) is 7.26. The fourth-order valence-corrected chi connectivity index (χ4v) is 9.15. The van der Waals surface area contributed by atoms with E-state index in [1.165, 1.54) is 44.9 Å². The van der Waals surface area contributed by atoms with E-state index in [2.05, 4.69) is 72.2 Å². The van der Waals surface area contributed by atoms with Gasteiger partial charge in [0.05, 0.1) is 19.3 Å². The highest BCUT2D eigenvalue weighted by Crippen LogP contribution is 2.41. The Labute approximate surface area is 231 Å². The maximum Gasteiger partial charge on any atom is 0.422 e. The van der Waals surface area contributed by atoms with Crippen LogP contribution in [0.4, 0.5) is 0 Å². The number of nitrogens with one attached hydrogen (secondary N) is 2. The molecule has 2 aliphatic rings. The molecule has 220 valence electrons. The van der Waals surface area contributed by atoms with Gasteiger partial charge in [-0.3, -0.25) is 10.3 Å². The van der Waals surface area contributed by atoms with Crippen molar-refractivity contribution < 1.29 is 18.3 Å². The van der Waals surface area contributed by atoms with E-state index >= 15 is 0 Å². The number of rotatable bonds is 17. The van der Waals surface area contributed by atoms with Gasteiger partial charge in [-0.1, -0.05) is 66.7 Å². The van der Waals surface area contributed by atoms with Gasteiger partial charge in [0, 0.05) is 24.6 Å². The van der Waals surface area contributed by atoms with Crippen molar-refractivity contribution in [1.82, 2.24) is 10.3 Å². The van der Waals surface area contributed by atoms with Gasteiger partial charge in [0.25, 0.3) is 0 Å². The molecule has 2 rings (SSSR count). The molecule has 0 radical (unpaired) electrons. The van der Waals surface area contributed by atoms with E-state index in [1.807, 2.05) is 0 Å². The van der Waals surface area contributed by atoms with Gasteiger partial charge in [-0.2, -0.15) is 0 Å². The number of hydrogen-bond acceptors (Lipinski definition) is 6. The molecule has 6 nitrogen and oxygen atoms in total. The van der Waals surface area contributed by atoms with Crippen LogP contribution in [0.25, 0.3) is 0 Å². The van der Waals surface area contributed by atoms with E-state index in [9.17, 15) is 0 Å². The van der Waals surface area contributed by atoms with Crippen LogP contribution < -0.4 is 10.3 Å². The summed E-state index contributed by atoms with van der Waals surface area (Å²) < 4.78 is 27.2. The van der Waals surface area contributed by atoms with Crippen LogP contribution >= 0.6 is 0 Å². The van der Waals surface area contributed by atoms with Gasteiger partial charge in [0.1, 0.15) is 0 Å². The molecule has 0 aliphatic heterocycles. The van der Waals surface area contributed by atoms with Gasteiger partial charge >= 0.3 is 8.72 Å².